The van der Waals surface area contributed by atoms with Crippen LogP contribution in [0.2, 0.25) is 0 Å². The van der Waals surface area contributed by atoms with Crippen molar-refractivity contribution in [2.24, 2.45) is 0 Å². The fraction of sp³-hybridized carbons (Fsp3) is 0.533. The van der Waals surface area contributed by atoms with Crippen molar-refractivity contribution in [2.75, 3.05) is 26.7 Å². The first kappa shape index (κ1) is 14.0. The molecule has 1 unspecified atom stereocenters. The van der Waals surface area contributed by atoms with Gasteiger partial charge in [0, 0.05) is 25.7 Å². The fourth-order valence-corrected chi connectivity index (χ4v) is 2.36. The molecular formula is C15H21FN2O. The van der Waals surface area contributed by atoms with Crippen molar-refractivity contribution in [3.8, 4) is 0 Å². The second kappa shape index (κ2) is 5.70. The summed E-state index contributed by atoms with van der Waals surface area (Å²) in [4.78, 5) is 16.3. The van der Waals surface area contributed by atoms with Crippen molar-refractivity contribution in [1.29, 1.82) is 0 Å². The molecule has 1 heterocycles. The molecule has 1 saturated heterocycles. The molecule has 0 aromatic heterocycles. The molecule has 1 fully saturated rings. The molecule has 1 amide bonds. The summed E-state index contributed by atoms with van der Waals surface area (Å²) in [6.45, 7) is 6.20. The number of amides is 1. The van der Waals surface area contributed by atoms with Gasteiger partial charge in [0.05, 0.1) is 5.56 Å². The van der Waals surface area contributed by atoms with Crippen LogP contribution < -0.4 is 0 Å². The quantitative estimate of drug-likeness (QED) is 0.817. The number of halogens is 1. The smallest absolute Gasteiger partial charge is 0.256 e. The summed E-state index contributed by atoms with van der Waals surface area (Å²) < 4.78 is 14.0. The lowest BCUT2D eigenvalue weighted by molar-refractivity contribution is 0.0568. The van der Waals surface area contributed by atoms with Crippen molar-refractivity contribution >= 4 is 5.91 Å². The highest BCUT2D eigenvalue weighted by atomic mass is 19.1. The summed E-state index contributed by atoms with van der Waals surface area (Å²) in [6, 6.07) is 5.22. The largest absolute Gasteiger partial charge is 0.336 e. The summed E-state index contributed by atoms with van der Waals surface area (Å²) in [5, 5.41) is 0. The van der Waals surface area contributed by atoms with Gasteiger partial charge in [-0.3, -0.25) is 4.79 Å². The summed E-state index contributed by atoms with van der Waals surface area (Å²) in [7, 11) is 2.04. The Kier molecular flexibility index (Phi) is 4.20. The molecule has 1 atom stereocenters. The van der Waals surface area contributed by atoms with E-state index in [-0.39, 0.29) is 11.5 Å². The van der Waals surface area contributed by atoms with Crippen molar-refractivity contribution in [3.63, 3.8) is 0 Å². The highest BCUT2D eigenvalue weighted by molar-refractivity contribution is 5.94. The lowest BCUT2D eigenvalue weighted by Gasteiger charge is -2.37. The topological polar surface area (TPSA) is 23.6 Å². The van der Waals surface area contributed by atoms with E-state index in [0.29, 0.717) is 19.1 Å². The molecule has 1 aromatic rings. The summed E-state index contributed by atoms with van der Waals surface area (Å²) in [6.07, 6.45) is 0.775. The predicted octanol–water partition coefficient (Wildman–Crippen LogP) is 2.16. The van der Waals surface area contributed by atoms with Crippen LogP contribution >= 0.6 is 0 Å². The average molecular weight is 264 g/mol. The molecule has 0 saturated carbocycles. The highest BCUT2D eigenvalue weighted by Crippen LogP contribution is 2.16. The third-order valence-electron chi connectivity index (χ3n) is 3.92. The first-order valence-electron chi connectivity index (χ1n) is 6.81. The molecule has 0 radical (unpaired) electrons. The predicted molar refractivity (Wildman–Crippen MR) is 73.8 cm³/mol. The third kappa shape index (κ3) is 2.95. The monoisotopic (exact) mass is 264 g/mol. The number of nitrogens with zero attached hydrogens (tertiary/aromatic N) is 2. The van der Waals surface area contributed by atoms with Crippen LogP contribution in [0.15, 0.2) is 18.2 Å². The Morgan fingerprint density at radius 3 is 2.74 bits per heavy atom. The molecule has 1 aromatic carbocycles. The third-order valence-corrected chi connectivity index (χ3v) is 3.92. The van der Waals surface area contributed by atoms with E-state index < -0.39 is 5.82 Å². The minimum Gasteiger partial charge on any atom is -0.336 e. The van der Waals surface area contributed by atoms with E-state index in [0.717, 1.165) is 18.5 Å². The first-order chi connectivity index (χ1) is 9.02. The van der Waals surface area contributed by atoms with Crippen molar-refractivity contribution in [3.05, 3.63) is 35.1 Å². The summed E-state index contributed by atoms with van der Waals surface area (Å²) in [5.74, 6) is -0.601. The number of benzene rings is 1. The van der Waals surface area contributed by atoms with E-state index in [4.69, 9.17) is 0 Å². The number of piperazine rings is 1. The zero-order chi connectivity index (χ0) is 14.0. The molecule has 1 aliphatic heterocycles. The van der Waals surface area contributed by atoms with Gasteiger partial charge in [0.2, 0.25) is 0 Å². The Balaban J connectivity index is 2.16. The second-order valence-corrected chi connectivity index (χ2v) is 5.25. The Hall–Kier alpha value is -1.42. The Morgan fingerprint density at radius 1 is 1.42 bits per heavy atom. The standard InChI is InChI=1S/C15H21FN2O/c1-4-12-5-6-13(14(16)9-12)15(19)18-8-7-17(3)11(2)10-18/h5-6,9,11H,4,7-8,10H2,1-3H3. The number of rotatable bonds is 2. The van der Waals surface area contributed by atoms with Gasteiger partial charge in [-0.25, -0.2) is 4.39 Å². The molecule has 3 nitrogen and oxygen atoms in total. The Morgan fingerprint density at radius 2 is 2.16 bits per heavy atom. The van der Waals surface area contributed by atoms with Crippen LogP contribution in [-0.2, 0) is 6.42 Å². The van der Waals surface area contributed by atoms with E-state index in [1.807, 2.05) is 20.0 Å². The summed E-state index contributed by atoms with van der Waals surface area (Å²) in [5.41, 5.74) is 1.11. The van der Waals surface area contributed by atoms with E-state index >= 15 is 0 Å². The van der Waals surface area contributed by atoms with Crippen LogP contribution in [0, 0.1) is 5.82 Å². The minimum atomic E-state index is -0.407. The van der Waals surface area contributed by atoms with Crippen LogP contribution in [0.5, 0.6) is 0 Å². The van der Waals surface area contributed by atoms with Crippen molar-refractivity contribution in [2.45, 2.75) is 26.3 Å². The van der Waals surface area contributed by atoms with Gasteiger partial charge in [-0.1, -0.05) is 13.0 Å². The second-order valence-electron chi connectivity index (χ2n) is 5.25. The van der Waals surface area contributed by atoms with Crippen molar-refractivity contribution in [1.82, 2.24) is 9.80 Å². The zero-order valence-corrected chi connectivity index (χ0v) is 11.8. The van der Waals surface area contributed by atoms with Crippen LogP contribution in [0.25, 0.3) is 0 Å². The van der Waals surface area contributed by atoms with Gasteiger partial charge in [-0.15, -0.1) is 0 Å². The van der Waals surface area contributed by atoms with E-state index in [1.54, 1.807) is 11.0 Å². The molecule has 0 bridgehead atoms. The fourth-order valence-electron chi connectivity index (χ4n) is 2.36. The molecular weight excluding hydrogens is 243 g/mol. The number of carbonyl (C=O) groups excluding carboxylic acids is 1. The SMILES string of the molecule is CCc1ccc(C(=O)N2CCN(C)C(C)C2)c(F)c1. The summed E-state index contributed by atoms with van der Waals surface area (Å²) >= 11 is 0. The molecule has 1 aliphatic rings. The Labute approximate surface area is 114 Å². The zero-order valence-electron chi connectivity index (χ0n) is 11.8. The van der Waals surface area contributed by atoms with Gasteiger partial charge in [-0.2, -0.15) is 0 Å². The maximum Gasteiger partial charge on any atom is 0.256 e. The van der Waals surface area contributed by atoms with Gasteiger partial charge < -0.3 is 9.80 Å². The van der Waals surface area contributed by atoms with Crippen molar-refractivity contribution < 1.29 is 9.18 Å². The number of aryl methyl sites for hydroxylation is 1. The lowest BCUT2D eigenvalue weighted by atomic mass is 10.1. The number of carbonyl (C=O) groups is 1. The van der Waals surface area contributed by atoms with Crippen LogP contribution in [0.1, 0.15) is 29.8 Å². The van der Waals surface area contributed by atoms with Gasteiger partial charge >= 0.3 is 0 Å². The van der Waals surface area contributed by atoms with E-state index in [2.05, 4.69) is 11.8 Å². The van der Waals surface area contributed by atoms with E-state index in [1.165, 1.54) is 6.07 Å². The average Bonchev–Trinajstić information content (AvgIpc) is 2.41. The van der Waals surface area contributed by atoms with Gasteiger partial charge in [0.15, 0.2) is 0 Å². The normalized spacial score (nSPS) is 20.6. The van der Waals surface area contributed by atoms with Gasteiger partial charge in [0.1, 0.15) is 5.82 Å². The maximum absolute atomic E-state index is 14.0. The van der Waals surface area contributed by atoms with Crippen LogP contribution in [-0.4, -0.2) is 48.4 Å². The number of likely N-dealkylation sites (N-methyl/N-ethyl adjacent to an activating group) is 1. The van der Waals surface area contributed by atoms with Crippen LogP contribution in [0.3, 0.4) is 0 Å². The molecule has 4 heteroatoms. The van der Waals surface area contributed by atoms with Crippen LogP contribution in [0.4, 0.5) is 4.39 Å². The Bertz CT molecular complexity index is 475. The highest BCUT2D eigenvalue weighted by Gasteiger charge is 2.26. The number of hydrogen-bond acceptors (Lipinski definition) is 2. The molecule has 19 heavy (non-hydrogen) atoms. The molecule has 0 N–H and O–H groups in total. The molecule has 0 spiro atoms. The van der Waals surface area contributed by atoms with Gasteiger partial charge in [0.25, 0.3) is 5.91 Å². The minimum absolute atomic E-state index is 0.189. The lowest BCUT2D eigenvalue weighted by Crippen LogP contribution is -2.52. The molecule has 104 valence electrons. The maximum atomic E-state index is 14.0. The van der Waals surface area contributed by atoms with Gasteiger partial charge in [-0.05, 0) is 38.1 Å². The molecule has 0 aliphatic carbocycles. The van der Waals surface area contributed by atoms with E-state index in [9.17, 15) is 9.18 Å². The molecule has 2 rings (SSSR count). The first-order valence-corrected chi connectivity index (χ1v) is 6.81. The number of hydrogen-bond donors (Lipinski definition) is 0.